The first kappa shape index (κ1) is 35.4. The van der Waals surface area contributed by atoms with Gasteiger partial charge in [0.1, 0.15) is 73.1 Å². The van der Waals surface area contributed by atoms with Crippen molar-refractivity contribution in [2.24, 2.45) is 0 Å². The van der Waals surface area contributed by atoms with Crippen LogP contribution in [0, 0.1) is 0 Å². The van der Waals surface area contributed by atoms with Crippen LogP contribution in [0.2, 0.25) is 0 Å². The van der Waals surface area contributed by atoms with Gasteiger partial charge in [0.25, 0.3) is 0 Å². The molecule has 11 N–H and O–H groups in total. The Morgan fingerprint density at radius 3 is 1.51 bits per heavy atom. The van der Waals surface area contributed by atoms with Crippen LogP contribution in [0.1, 0.15) is 20.8 Å². The predicted molar refractivity (Wildman–Crippen MR) is 136 cm³/mol. The molecule has 3 rings (SSSR count). The molecule has 19 heteroatoms. The van der Waals surface area contributed by atoms with Crippen LogP contribution in [0.5, 0.6) is 0 Å². The summed E-state index contributed by atoms with van der Waals surface area (Å²) in [5.41, 5.74) is 0. The predicted octanol–water partition coefficient (Wildman–Crippen LogP) is -7.14. The van der Waals surface area contributed by atoms with E-state index in [2.05, 4.69) is 16.0 Å². The highest BCUT2D eigenvalue weighted by Crippen LogP contribution is 2.32. The highest BCUT2D eigenvalue weighted by molar-refractivity contribution is 5.74. The second-order valence-electron chi connectivity index (χ2n) is 10.5. The smallest absolute Gasteiger partial charge is 0.217 e. The Balaban J connectivity index is 1.97. The summed E-state index contributed by atoms with van der Waals surface area (Å²) in [6, 6.07) is -4.34. The van der Waals surface area contributed by atoms with Gasteiger partial charge in [0.2, 0.25) is 17.7 Å². The van der Waals surface area contributed by atoms with Crippen LogP contribution in [-0.4, -0.2) is 170 Å². The zero-order valence-corrected chi connectivity index (χ0v) is 23.6. The van der Waals surface area contributed by atoms with Crippen LogP contribution < -0.4 is 16.0 Å². The number of hydrogen-bond donors (Lipinski definition) is 11. The van der Waals surface area contributed by atoms with E-state index in [1.54, 1.807) is 0 Å². The molecule has 0 radical (unpaired) electrons. The maximum absolute atomic E-state index is 12.3. The Morgan fingerprint density at radius 2 is 1.00 bits per heavy atom. The summed E-state index contributed by atoms with van der Waals surface area (Å²) in [7, 11) is 0. The molecular weight excluding hydrogens is 586 g/mol. The molecule has 3 fully saturated rings. The first-order chi connectivity index (χ1) is 20.2. The van der Waals surface area contributed by atoms with Crippen molar-refractivity contribution >= 4 is 17.7 Å². The molecule has 0 aromatic rings. The van der Waals surface area contributed by atoms with Gasteiger partial charge < -0.3 is 80.5 Å². The summed E-state index contributed by atoms with van der Waals surface area (Å²) in [5, 5.41) is 89.9. The molecule has 0 aliphatic carbocycles. The third-order valence-corrected chi connectivity index (χ3v) is 7.30. The Hall–Kier alpha value is -2.11. The van der Waals surface area contributed by atoms with Crippen molar-refractivity contribution < 1.29 is 78.9 Å². The molecule has 0 spiro atoms. The van der Waals surface area contributed by atoms with Crippen LogP contribution in [0.4, 0.5) is 0 Å². The zero-order valence-electron chi connectivity index (χ0n) is 23.6. The van der Waals surface area contributed by atoms with Gasteiger partial charge in [-0.05, 0) is 0 Å². The minimum Gasteiger partial charge on any atom is -0.394 e. The topological polar surface area (TPSA) is 295 Å². The van der Waals surface area contributed by atoms with Gasteiger partial charge >= 0.3 is 0 Å². The average molecular weight is 628 g/mol. The number of carbonyl (C=O) groups excluding carboxylic acids is 3. The minimum atomic E-state index is -1.74. The van der Waals surface area contributed by atoms with E-state index in [1.165, 1.54) is 0 Å². The Labute approximate surface area is 245 Å². The Kier molecular flexibility index (Phi) is 12.5. The highest BCUT2D eigenvalue weighted by atomic mass is 16.7. The maximum Gasteiger partial charge on any atom is 0.217 e. The zero-order chi connectivity index (χ0) is 32.2. The number of rotatable bonds is 10. The average Bonchev–Trinajstić information content (AvgIpc) is 2.94. The number of ether oxygens (including phenoxy) is 5. The molecule has 0 aromatic carbocycles. The molecule has 3 saturated heterocycles. The third kappa shape index (κ3) is 8.14. The van der Waals surface area contributed by atoms with E-state index in [1.807, 2.05) is 0 Å². The molecule has 1 unspecified atom stereocenters. The molecule has 43 heavy (non-hydrogen) atoms. The van der Waals surface area contributed by atoms with E-state index < -0.39 is 129 Å². The SMILES string of the molecule is CC(=O)N[C@H]1[C@H](O[C@H]2[C@@H](O)[C@@H](CO)O[C@@H](O[C@H]3[C@H](O)[C@@H](NC(C)=O)C(O)O[C@@H]3CO)[C@@H]2NC(C)=O)O[C@H](CO)[C@H](O)[C@@H]1O. The monoisotopic (exact) mass is 627 g/mol. The first-order valence-corrected chi connectivity index (χ1v) is 13.5. The van der Waals surface area contributed by atoms with E-state index in [0.717, 1.165) is 20.8 Å². The second-order valence-corrected chi connectivity index (χ2v) is 10.5. The molecule has 0 aromatic heterocycles. The van der Waals surface area contributed by atoms with Gasteiger partial charge in [-0.1, -0.05) is 0 Å². The second kappa shape index (κ2) is 15.3. The van der Waals surface area contributed by atoms with Crippen molar-refractivity contribution in [3.63, 3.8) is 0 Å². The number of hydrogen-bond acceptors (Lipinski definition) is 16. The number of nitrogens with one attached hydrogen (secondary N) is 3. The molecule has 248 valence electrons. The molecule has 3 aliphatic rings. The molecule has 19 nitrogen and oxygen atoms in total. The van der Waals surface area contributed by atoms with Gasteiger partial charge in [-0.25, -0.2) is 0 Å². The van der Waals surface area contributed by atoms with Gasteiger partial charge in [-0.3, -0.25) is 14.4 Å². The molecule has 0 bridgehead atoms. The van der Waals surface area contributed by atoms with Crippen LogP contribution in [0.25, 0.3) is 0 Å². The molecule has 15 atom stereocenters. The van der Waals surface area contributed by atoms with Gasteiger partial charge in [0, 0.05) is 20.8 Å². The Morgan fingerprint density at radius 1 is 0.558 bits per heavy atom. The van der Waals surface area contributed by atoms with Gasteiger partial charge in [0.15, 0.2) is 18.9 Å². The highest BCUT2D eigenvalue weighted by Gasteiger charge is 2.54. The maximum atomic E-state index is 12.3. The summed E-state index contributed by atoms with van der Waals surface area (Å²) >= 11 is 0. The molecular formula is C24H41N3O16. The summed E-state index contributed by atoms with van der Waals surface area (Å²) in [5.74, 6) is -1.99. The lowest BCUT2D eigenvalue weighted by molar-refractivity contribution is -0.349. The molecule has 0 saturated carbocycles. The summed E-state index contributed by atoms with van der Waals surface area (Å²) in [6.45, 7) is 0.963. The fourth-order valence-electron chi connectivity index (χ4n) is 5.27. The van der Waals surface area contributed by atoms with Crippen molar-refractivity contribution in [3.8, 4) is 0 Å². The quantitative estimate of drug-likeness (QED) is 0.107. The van der Waals surface area contributed by atoms with E-state index >= 15 is 0 Å². The third-order valence-electron chi connectivity index (χ3n) is 7.30. The molecule has 3 heterocycles. The van der Waals surface area contributed by atoms with Crippen molar-refractivity contribution in [1.82, 2.24) is 16.0 Å². The van der Waals surface area contributed by atoms with Crippen molar-refractivity contribution in [2.75, 3.05) is 19.8 Å². The number of aliphatic hydroxyl groups is 8. The standard InChI is InChI=1S/C24H41N3O16/c1-7(31)25-13-19(37)20(12(6-30)39-22(13)38)42-24-15(27-9(3)33)21(17(35)11(5-29)41-24)43-23-14(26-8(2)32)18(36)16(34)10(4-28)40-23/h10-24,28-30,34-38H,4-6H2,1-3H3,(H,25,31)(H,26,32)(H,27,33)/t10-,11-,12-,13-,14-,15-,16+,17+,18-,19-,20-,21-,22?,23+,24+/m1/s1. The van der Waals surface area contributed by atoms with Gasteiger partial charge in [-0.15, -0.1) is 0 Å². The van der Waals surface area contributed by atoms with Crippen LogP contribution in [-0.2, 0) is 38.1 Å². The number of aliphatic hydroxyl groups excluding tert-OH is 8. The van der Waals surface area contributed by atoms with E-state index in [0.29, 0.717) is 0 Å². The summed E-state index contributed by atoms with van der Waals surface area (Å²) < 4.78 is 28.4. The molecule has 3 aliphatic heterocycles. The lowest BCUT2D eigenvalue weighted by Gasteiger charge is -2.50. The fraction of sp³-hybridized carbons (Fsp3) is 0.875. The normalized spacial score (nSPS) is 43.5. The van der Waals surface area contributed by atoms with Crippen LogP contribution in [0.15, 0.2) is 0 Å². The fourth-order valence-corrected chi connectivity index (χ4v) is 5.27. The summed E-state index contributed by atoms with van der Waals surface area (Å²) in [6.07, 6.45) is -19.2. The van der Waals surface area contributed by atoms with Gasteiger partial charge in [-0.2, -0.15) is 0 Å². The van der Waals surface area contributed by atoms with E-state index in [4.69, 9.17) is 23.7 Å². The summed E-state index contributed by atoms with van der Waals surface area (Å²) in [4.78, 5) is 35.8. The number of carbonyl (C=O) groups is 3. The lowest BCUT2D eigenvalue weighted by atomic mass is 9.93. The number of amides is 3. The Bertz CT molecular complexity index is 962. The van der Waals surface area contributed by atoms with Crippen molar-refractivity contribution in [1.29, 1.82) is 0 Å². The van der Waals surface area contributed by atoms with Gasteiger partial charge in [0.05, 0.1) is 19.8 Å². The first-order valence-electron chi connectivity index (χ1n) is 13.5. The van der Waals surface area contributed by atoms with Crippen molar-refractivity contribution in [2.45, 2.75) is 113 Å². The van der Waals surface area contributed by atoms with Crippen molar-refractivity contribution in [3.05, 3.63) is 0 Å². The van der Waals surface area contributed by atoms with Crippen LogP contribution >= 0.6 is 0 Å². The van der Waals surface area contributed by atoms with E-state index in [-0.39, 0.29) is 0 Å². The minimum absolute atomic E-state index is 0.635. The lowest BCUT2D eigenvalue weighted by Crippen LogP contribution is -2.71. The van der Waals surface area contributed by atoms with E-state index in [9.17, 15) is 55.2 Å². The van der Waals surface area contributed by atoms with Crippen LogP contribution in [0.3, 0.4) is 0 Å². The molecule has 3 amide bonds. The largest absolute Gasteiger partial charge is 0.394 e.